The standard InChI is InChI=1S/C24H27NO2/c1-15-13-19(14-16(2)24(15)27-4)25-17(3)9-12-22(25)21-11-10-18-7-5-6-8-20(18)23(21)26/h5-8,10-11,13-14,17,22,26H,9,12H2,1-4H3/t17-,22-/m0/s1. The van der Waals surface area contributed by atoms with E-state index < -0.39 is 0 Å². The Hall–Kier alpha value is -2.68. The molecule has 1 aliphatic heterocycles. The maximum absolute atomic E-state index is 11.0. The van der Waals surface area contributed by atoms with Crippen molar-refractivity contribution in [2.24, 2.45) is 0 Å². The highest BCUT2D eigenvalue weighted by Crippen LogP contribution is 2.45. The molecule has 2 atom stereocenters. The molecule has 0 bridgehead atoms. The molecule has 140 valence electrons. The first-order valence-corrected chi connectivity index (χ1v) is 9.65. The summed E-state index contributed by atoms with van der Waals surface area (Å²) in [6.45, 7) is 6.46. The molecule has 3 nitrogen and oxygen atoms in total. The van der Waals surface area contributed by atoms with E-state index in [-0.39, 0.29) is 6.04 Å². The number of hydrogen-bond acceptors (Lipinski definition) is 3. The molecule has 4 rings (SSSR count). The van der Waals surface area contributed by atoms with Crippen LogP contribution < -0.4 is 9.64 Å². The van der Waals surface area contributed by atoms with Crippen LogP contribution in [0.3, 0.4) is 0 Å². The molecule has 3 aromatic carbocycles. The van der Waals surface area contributed by atoms with Gasteiger partial charge >= 0.3 is 0 Å². The molecule has 0 saturated carbocycles. The number of ether oxygens (including phenoxy) is 1. The molecule has 0 aliphatic carbocycles. The number of fused-ring (bicyclic) bond motifs is 1. The molecule has 0 unspecified atom stereocenters. The summed E-state index contributed by atoms with van der Waals surface area (Å²) in [6.07, 6.45) is 2.15. The fourth-order valence-electron chi connectivity index (χ4n) is 4.66. The van der Waals surface area contributed by atoms with E-state index in [1.54, 1.807) is 7.11 Å². The number of aryl methyl sites for hydroxylation is 2. The van der Waals surface area contributed by atoms with Gasteiger partial charge < -0.3 is 14.7 Å². The SMILES string of the molecule is COc1c(C)cc(N2[C@@H](C)CC[C@H]2c2ccc3ccccc3c2O)cc1C. The van der Waals surface area contributed by atoms with Crippen LogP contribution in [0.4, 0.5) is 5.69 Å². The molecule has 1 N–H and O–H groups in total. The Morgan fingerprint density at radius 2 is 1.70 bits per heavy atom. The number of phenolic OH excluding ortho intramolecular Hbond substituents is 1. The molecule has 1 fully saturated rings. The van der Waals surface area contributed by atoms with Crippen molar-refractivity contribution in [1.29, 1.82) is 0 Å². The predicted octanol–water partition coefficient (Wildman–Crippen LogP) is 5.90. The van der Waals surface area contributed by atoms with E-state index in [0.29, 0.717) is 11.8 Å². The molecule has 27 heavy (non-hydrogen) atoms. The van der Waals surface area contributed by atoms with Crippen molar-refractivity contribution in [2.75, 3.05) is 12.0 Å². The van der Waals surface area contributed by atoms with Crippen molar-refractivity contribution < 1.29 is 9.84 Å². The fraction of sp³-hybridized carbons (Fsp3) is 0.333. The quantitative estimate of drug-likeness (QED) is 0.630. The predicted molar refractivity (Wildman–Crippen MR) is 112 cm³/mol. The number of benzene rings is 3. The Morgan fingerprint density at radius 3 is 2.41 bits per heavy atom. The fourth-order valence-corrected chi connectivity index (χ4v) is 4.66. The Bertz CT molecular complexity index is 972. The lowest BCUT2D eigenvalue weighted by molar-refractivity contribution is 0.408. The van der Waals surface area contributed by atoms with Gasteiger partial charge in [-0.3, -0.25) is 0 Å². The normalized spacial score (nSPS) is 19.6. The van der Waals surface area contributed by atoms with Gasteiger partial charge in [0.1, 0.15) is 11.5 Å². The summed E-state index contributed by atoms with van der Waals surface area (Å²) in [7, 11) is 1.73. The van der Waals surface area contributed by atoms with Crippen LogP contribution in [0.1, 0.15) is 42.5 Å². The van der Waals surface area contributed by atoms with Crippen LogP contribution >= 0.6 is 0 Å². The number of aromatic hydroxyl groups is 1. The Kier molecular flexibility index (Phi) is 4.47. The highest BCUT2D eigenvalue weighted by molar-refractivity contribution is 5.89. The second-order valence-electron chi connectivity index (χ2n) is 7.69. The number of hydrogen-bond donors (Lipinski definition) is 1. The van der Waals surface area contributed by atoms with Gasteiger partial charge in [0.2, 0.25) is 0 Å². The van der Waals surface area contributed by atoms with Gasteiger partial charge in [0, 0.05) is 22.7 Å². The Labute approximate surface area is 161 Å². The number of phenols is 1. The van der Waals surface area contributed by atoms with E-state index in [1.165, 1.54) is 5.69 Å². The molecule has 0 amide bonds. The summed E-state index contributed by atoms with van der Waals surface area (Å²) in [5, 5.41) is 13.0. The highest BCUT2D eigenvalue weighted by atomic mass is 16.5. The Morgan fingerprint density at radius 1 is 1.00 bits per heavy atom. The maximum atomic E-state index is 11.0. The third-order valence-corrected chi connectivity index (χ3v) is 5.91. The second-order valence-corrected chi connectivity index (χ2v) is 7.69. The average molecular weight is 361 g/mol. The van der Waals surface area contributed by atoms with Gasteiger partial charge in [-0.05, 0) is 62.3 Å². The minimum Gasteiger partial charge on any atom is -0.507 e. The van der Waals surface area contributed by atoms with Crippen LogP contribution in [0.5, 0.6) is 11.5 Å². The topological polar surface area (TPSA) is 32.7 Å². The highest BCUT2D eigenvalue weighted by Gasteiger charge is 2.34. The van der Waals surface area contributed by atoms with Gasteiger partial charge in [0.05, 0.1) is 13.2 Å². The van der Waals surface area contributed by atoms with Crippen molar-refractivity contribution in [3.63, 3.8) is 0 Å². The van der Waals surface area contributed by atoms with E-state index in [4.69, 9.17) is 4.74 Å². The number of rotatable bonds is 3. The minimum absolute atomic E-state index is 0.178. The third kappa shape index (κ3) is 2.91. The number of methoxy groups -OCH3 is 1. The van der Waals surface area contributed by atoms with Gasteiger partial charge in [-0.1, -0.05) is 36.4 Å². The molecule has 3 heteroatoms. The zero-order valence-electron chi connectivity index (χ0n) is 16.5. The van der Waals surface area contributed by atoms with Gasteiger partial charge in [0.25, 0.3) is 0 Å². The van der Waals surface area contributed by atoms with Crippen molar-refractivity contribution in [3.8, 4) is 11.5 Å². The van der Waals surface area contributed by atoms with Crippen LogP contribution in [0.25, 0.3) is 10.8 Å². The summed E-state index contributed by atoms with van der Waals surface area (Å²) in [6, 6.07) is 17.3. The summed E-state index contributed by atoms with van der Waals surface area (Å²) in [4.78, 5) is 2.46. The molecular weight excluding hydrogens is 334 g/mol. The van der Waals surface area contributed by atoms with Gasteiger partial charge in [-0.2, -0.15) is 0 Å². The van der Waals surface area contributed by atoms with Gasteiger partial charge in [0.15, 0.2) is 0 Å². The molecule has 1 aliphatic rings. The third-order valence-electron chi connectivity index (χ3n) is 5.91. The van der Waals surface area contributed by atoms with Crippen molar-refractivity contribution in [3.05, 3.63) is 65.2 Å². The van der Waals surface area contributed by atoms with Crippen molar-refractivity contribution in [1.82, 2.24) is 0 Å². The summed E-state index contributed by atoms with van der Waals surface area (Å²) >= 11 is 0. The van der Waals surface area contributed by atoms with Crippen LogP contribution in [0.15, 0.2) is 48.5 Å². The first-order chi connectivity index (χ1) is 13.0. The van der Waals surface area contributed by atoms with E-state index in [1.807, 2.05) is 24.3 Å². The van der Waals surface area contributed by atoms with Crippen LogP contribution in [-0.2, 0) is 0 Å². The van der Waals surface area contributed by atoms with E-state index >= 15 is 0 Å². The van der Waals surface area contributed by atoms with E-state index in [2.05, 4.69) is 49.9 Å². The van der Waals surface area contributed by atoms with E-state index in [9.17, 15) is 5.11 Å². The number of anilines is 1. The zero-order chi connectivity index (χ0) is 19.1. The van der Waals surface area contributed by atoms with Crippen molar-refractivity contribution >= 4 is 16.5 Å². The lowest BCUT2D eigenvalue weighted by Gasteiger charge is -2.32. The first-order valence-electron chi connectivity index (χ1n) is 9.65. The smallest absolute Gasteiger partial charge is 0.128 e. The average Bonchev–Trinajstić information content (AvgIpc) is 3.03. The molecule has 0 radical (unpaired) electrons. The zero-order valence-corrected chi connectivity index (χ0v) is 16.5. The summed E-state index contributed by atoms with van der Waals surface area (Å²) < 4.78 is 5.54. The van der Waals surface area contributed by atoms with Crippen LogP contribution in [0, 0.1) is 13.8 Å². The lowest BCUT2D eigenvalue weighted by atomic mass is 9.98. The van der Waals surface area contributed by atoms with E-state index in [0.717, 1.165) is 46.1 Å². The van der Waals surface area contributed by atoms with Crippen LogP contribution in [0.2, 0.25) is 0 Å². The molecule has 0 aromatic heterocycles. The molecule has 3 aromatic rings. The first kappa shape index (κ1) is 17.7. The maximum Gasteiger partial charge on any atom is 0.128 e. The second kappa shape index (κ2) is 6.80. The minimum atomic E-state index is 0.178. The number of nitrogens with zero attached hydrogens (tertiary/aromatic N) is 1. The van der Waals surface area contributed by atoms with Crippen LogP contribution in [-0.4, -0.2) is 18.3 Å². The lowest BCUT2D eigenvalue weighted by Crippen LogP contribution is -2.29. The molecular formula is C24H27NO2. The van der Waals surface area contributed by atoms with Gasteiger partial charge in [-0.15, -0.1) is 0 Å². The largest absolute Gasteiger partial charge is 0.507 e. The summed E-state index contributed by atoms with van der Waals surface area (Å²) in [5.74, 6) is 1.37. The van der Waals surface area contributed by atoms with Crippen molar-refractivity contribution in [2.45, 2.75) is 45.7 Å². The Balaban J connectivity index is 1.81. The summed E-state index contributed by atoms with van der Waals surface area (Å²) in [5.41, 5.74) is 4.51. The van der Waals surface area contributed by atoms with Gasteiger partial charge in [-0.25, -0.2) is 0 Å². The monoisotopic (exact) mass is 361 g/mol. The molecule has 1 heterocycles. The molecule has 1 saturated heterocycles. The molecule has 0 spiro atoms.